The molecule has 0 amide bonds. The van der Waals surface area contributed by atoms with Gasteiger partial charge < -0.3 is 20.8 Å². The third-order valence-electron chi connectivity index (χ3n) is 5.06. The molecule has 0 aliphatic heterocycles. The molecule has 1 aliphatic rings. The van der Waals surface area contributed by atoms with E-state index in [4.69, 9.17) is 11.6 Å². The molecule has 1 saturated carbocycles. The van der Waals surface area contributed by atoms with E-state index < -0.39 is 17.7 Å². The number of ether oxygens (including phenoxy) is 1. The van der Waals surface area contributed by atoms with Crippen molar-refractivity contribution in [2.24, 2.45) is 11.8 Å². The maximum absolute atomic E-state index is 13.9. The van der Waals surface area contributed by atoms with Crippen molar-refractivity contribution in [3.8, 4) is 11.1 Å². The molecule has 0 atom stereocenters. The van der Waals surface area contributed by atoms with Gasteiger partial charge in [0.2, 0.25) is 0 Å². The van der Waals surface area contributed by atoms with E-state index >= 15 is 0 Å². The van der Waals surface area contributed by atoms with Crippen molar-refractivity contribution in [2.75, 3.05) is 30.9 Å². The normalized spacial score (nSPS) is 13.9. The highest BCUT2D eigenvalue weighted by Gasteiger charge is 2.38. The summed E-state index contributed by atoms with van der Waals surface area (Å²) in [5, 5.41) is 4.21. The number of nitrogens with zero attached hydrogens (tertiary/aromatic N) is 1. The fourth-order valence-electron chi connectivity index (χ4n) is 3.27. The summed E-state index contributed by atoms with van der Waals surface area (Å²) >= 11 is 0. The van der Waals surface area contributed by atoms with Crippen molar-refractivity contribution in [1.82, 2.24) is 5.32 Å². The molecule has 2 aromatic carbocycles. The summed E-state index contributed by atoms with van der Waals surface area (Å²) in [6, 6.07) is 9.55. The molecule has 3 rings (SSSR count). The quantitative estimate of drug-likeness (QED) is 0.262. The predicted octanol–water partition coefficient (Wildman–Crippen LogP) is 3.31. The second-order valence-electron chi connectivity index (χ2n) is 7.39. The third-order valence-corrected chi connectivity index (χ3v) is 5.06. The Morgan fingerprint density at radius 1 is 1.20 bits per heavy atom. The van der Waals surface area contributed by atoms with E-state index in [9.17, 15) is 18.0 Å². The number of benzene rings is 2. The Morgan fingerprint density at radius 2 is 1.87 bits per heavy atom. The van der Waals surface area contributed by atoms with Crippen molar-refractivity contribution in [3.05, 3.63) is 47.5 Å². The molecule has 0 spiro atoms. The van der Waals surface area contributed by atoms with Crippen LogP contribution in [0.1, 0.15) is 24.0 Å². The van der Waals surface area contributed by atoms with Crippen molar-refractivity contribution >= 4 is 17.3 Å². The zero-order valence-electron chi connectivity index (χ0n) is 16.6. The summed E-state index contributed by atoms with van der Waals surface area (Å²) in [5.41, 5.74) is 6.08. The van der Waals surface area contributed by atoms with Crippen LogP contribution in [0.4, 0.5) is 24.5 Å². The first-order valence-corrected chi connectivity index (χ1v) is 9.59. The lowest BCUT2D eigenvalue weighted by Crippen LogP contribution is -2.34. The summed E-state index contributed by atoms with van der Waals surface area (Å²) in [6.45, 7) is 0.908. The highest BCUT2D eigenvalue weighted by molar-refractivity contribution is 5.82. The minimum atomic E-state index is -4.63. The molecule has 1 fully saturated rings. The van der Waals surface area contributed by atoms with Crippen LogP contribution in [0.15, 0.2) is 36.4 Å². The molecule has 0 bridgehead atoms. The van der Waals surface area contributed by atoms with Gasteiger partial charge in [-0.15, -0.1) is 0 Å². The Balaban J connectivity index is 1.85. The fourth-order valence-corrected chi connectivity index (χ4v) is 3.27. The van der Waals surface area contributed by atoms with Crippen LogP contribution in [-0.2, 0) is 22.3 Å². The molecule has 162 valence electrons. The first-order chi connectivity index (χ1) is 14.2. The highest BCUT2D eigenvalue weighted by Crippen LogP contribution is 2.44. The molecule has 1 aliphatic carbocycles. The third kappa shape index (κ3) is 5.22. The Kier molecular flexibility index (Phi) is 6.52. The van der Waals surface area contributed by atoms with E-state index in [2.05, 4.69) is 10.1 Å². The van der Waals surface area contributed by atoms with E-state index in [0.717, 1.165) is 18.4 Å². The highest BCUT2D eigenvalue weighted by atomic mass is 19.4. The number of methoxy groups -OCH3 is 1. The Morgan fingerprint density at radius 3 is 2.43 bits per heavy atom. The monoisotopic (exact) mass is 422 g/mol. The summed E-state index contributed by atoms with van der Waals surface area (Å²) in [4.78, 5) is 11.1. The average Bonchev–Trinajstić information content (AvgIpc) is 3.51. The van der Waals surface area contributed by atoms with Gasteiger partial charge in [0.15, 0.2) is 0 Å². The molecule has 0 unspecified atom stereocenters. The number of halogens is 3. The molecular weight excluding hydrogens is 397 g/mol. The summed E-state index contributed by atoms with van der Waals surface area (Å²) < 4.78 is 46.2. The van der Waals surface area contributed by atoms with Gasteiger partial charge in [-0.1, -0.05) is 30.3 Å². The molecule has 0 saturated heterocycles. The number of hydrogen-bond donors (Lipinski definition) is 3. The zero-order chi connectivity index (χ0) is 21.9. The van der Waals surface area contributed by atoms with Gasteiger partial charge in [0.05, 0.1) is 30.6 Å². The van der Waals surface area contributed by atoms with Gasteiger partial charge >= 0.3 is 12.1 Å². The maximum Gasteiger partial charge on any atom is 0.419 e. The minimum Gasteiger partial charge on any atom is -0.468 e. The standard InChI is InChI=1S/C21H25F3N4O2/c1-30-18(29)11-27-10-13-4-6-15(7-5-13)16-8-9-17(28(26)12-14-2-3-14)20(25)19(16)21(22,23)24/h4-9,14,27H,2-3,10-12,25-26H2,1H3. The molecule has 6 nitrogen and oxygen atoms in total. The second kappa shape index (κ2) is 8.93. The number of rotatable bonds is 8. The van der Waals surface area contributed by atoms with Crippen molar-refractivity contribution in [3.63, 3.8) is 0 Å². The summed E-state index contributed by atoms with van der Waals surface area (Å²) in [5.74, 6) is 5.99. The van der Waals surface area contributed by atoms with E-state index in [-0.39, 0.29) is 23.5 Å². The summed E-state index contributed by atoms with van der Waals surface area (Å²) in [6.07, 6.45) is -2.58. The Labute approximate surface area is 172 Å². The number of hydrazine groups is 1. The van der Waals surface area contributed by atoms with Crippen LogP contribution in [0.5, 0.6) is 0 Å². The summed E-state index contributed by atoms with van der Waals surface area (Å²) in [7, 11) is 1.30. The number of nitrogens with two attached hydrogens (primary N) is 2. The van der Waals surface area contributed by atoms with E-state index in [1.165, 1.54) is 24.3 Å². The van der Waals surface area contributed by atoms with Gasteiger partial charge in [0.25, 0.3) is 0 Å². The van der Waals surface area contributed by atoms with Gasteiger partial charge in [-0.05, 0) is 41.5 Å². The van der Waals surface area contributed by atoms with Crippen molar-refractivity contribution in [2.45, 2.75) is 25.6 Å². The number of anilines is 2. The Bertz CT molecular complexity index is 896. The number of carbonyl (C=O) groups is 1. The van der Waals surface area contributed by atoms with Gasteiger partial charge in [-0.25, -0.2) is 5.84 Å². The van der Waals surface area contributed by atoms with Crippen LogP contribution >= 0.6 is 0 Å². The zero-order valence-corrected chi connectivity index (χ0v) is 16.6. The number of nitrogen functional groups attached to an aromatic ring is 1. The number of hydrogen-bond acceptors (Lipinski definition) is 6. The van der Waals surface area contributed by atoms with Crippen LogP contribution < -0.4 is 21.9 Å². The molecule has 0 heterocycles. The van der Waals surface area contributed by atoms with Crippen molar-refractivity contribution < 1.29 is 22.7 Å². The number of nitrogens with one attached hydrogen (secondary N) is 1. The number of esters is 1. The van der Waals surface area contributed by atoms with Gasteiger partial charge in [-0.2, -0.15) is 13.2 Å². The number of alkyl halides is 3. The van der Waals surface area contributed by atoms with Crippen LogP contribution in [0.3, 0.4) is 0 Å². The smallest absolute Gasteiger partial charge is 0.419 e. The minimum absolute atomic E-state index is 0.00218. The van der Waals surface area contributed by atoms with Crippen LogP contribution in [-0.4, -0.2) is 26.2 Å². The lowest BCUT2D eigenvalue weighted by Gasteiger charge is -2.24. The van der Waals surface area contributed by atoms with E-state index in [0.29, 0.717) is 24.6 Å². The molecule has 5 N–H and O–H groups in total. The largest absolute Gasteiger partial charge is 0.468 e. The molecule has 0 radical (unpaired) electrons. The first-order valence-electron chi connectivity index (χ1n) is 9.59. The topological polar surface area (TPSA) is 93.6 Å². The van der Waals surface area contributed by atoms with Gasteiger partial charge in [0, 0.05) is 13.1 Å². The van der Waals surface area contributed by atoms with Crippen LogP contribution in [0.25, 0.3) is 11.1 Å². The lowest BCUT2D eigenvalue weighted by atomic mass is 9.95. The number of carbonyl (C=O) groups excluding carboxylic acids is 1. The maximum atomic E-state index is 13.9. The molecular formula is C21H25F3N4O2. The average molecular weight is 422 g/mol. The Hall–Kier alpha value is -2.78. The van der Waals surface area contributed by atoms with Crippen LogP contribution in [0, 0.1) is 5.92 Å². The van der Waals surface area contributed by atoms with Gasteiger partial charge in [0.1, 0.15) is 0 Å². The molecule has 30 heavy (non-hydrogen) atoms. The molecule has 0 aromatic heterocycles. The molecule has 9 heteroatoms. The van der Waals surface area contributed by atoms with Crippen LogP contribution in [0.2, 0.25) is 0 Å². The second-order valence-corrected chi connectivity index (χ2v) is 7.39. The fraction of sp³-hybridized carbons (Fsp3) is 0.381. The molecule has 2 aromatic rings. The SMILES string of the molecule is COC(=O)CNCc1ccc(-c2ccc(N(N)CC3CC3)c(N)c2C(F)(F)F)cc1. The predicted molar refractivity (Wildman–Crippen MR) is 109 cm³/mol. The van der Waals surface area contributed by atoms with E-state index in [1.54, 1.807) is 24.3 Å². The van der Waals surface area contributed by atoms with Crippen molar-refractivity contribution in [1.29, 1.82) is 0 Å². The van der Waals surface area contributed by atoms with E-state index in [1.807, 2.05) is 0 Å². The first kappa shape index (κ1) is 21.9. The lowest BCUT2D eigenvalue weighted by molar-refractivity contribution is -0.139. The van der Waals surface area contributed by atoms with Gasteiger partial charge in [-0.3, -0.25) is 4.79 Å².